The Morgan fingerprint density at radius 1 is 1.11 bits per heavy atom. The number of hydrogen-bond donors (Lipinski definition) is 1. The van der Waals surface area contributed by atoms with Crippen LogP contribution >= 0.6 is 0 Å². The zero-order valence-corrected chi connectivity index (χ0v) is 16.9. The topological polar surface area (TPSA) is 49.6 Å². The van der Waals surface area contributed by atoms with Gasteiger partial charge in [0, 0.05) is 18.8 Å². The van der Waals surface area contributed by atoms with Crippen LogP contribution in [0.15, 0.2) is 36.4 Å². The predicted molar refractivity (Wildman–Crippen MR) is 113 cm³/mol. The maximum Gasteiger partial charge on any atom is 0.319 e. The maximum absolute atomic E-state index is 12.0. The Hall–Kier alpha value is -1.81. The van der Waals surface area contributed by atoms with Gasteiger partial charge in [0.25, 0.3) is 0 Å². The van der Waals surface area contributed by atoms with Crippen molar-refractivity contribution in [3.8, 4) is 0 Å². The fourth-order valence-corrected chi connectivity index (χ4v) is 6.61. The molecule has 2 heterocycles. The van der Waals surface area contributed by atoms with Crippen molar-refractivity contribution in [2.24, 2.45) is 23.5 Å². The lowest BCUT2D eigenvalue weighted by molar-refractivity contribution is 0.124. The van der Waals surface area contributed by atoms with E-state index in [1.165, 1.54) is 63.7 Å². The molecular formula is C24H33N3O. The number of amides is 2. The lowest BCUT2D eigenvalue weighted by atomic mass is 9.69. The minimum absolute atomic E-state index is 0.213. The Balaban J connectivity index is 1.31. The molecule has 0 aromatic heterocycles. The van der Waals surface area contributed by atoms with Crippen molar-refractivity contribution in [1.29, 1.82) is 0 Å². The van der Waals surface area contributed by atoms with Crippen LogP contribution in [0.1, 0.15) is 50.5 Å². The van der Waals surface area contributed by atoms with E-state index in [-0.39, 0.29) is 11.4 Å². The minimum atomic E-state index is -0.317. The van der Waals surface area contributed by atoms with Crippen LogP contribution in [0.25, 0.3) is 0 Å². The highest BCUT2D eigenvalue weighted by molar-refractivity contribution is 5.92. The third kappa shape index (κ3) is 3.16. The van der Waals surface area contributed by atoms with Gasteiger partial charge in [-0.05, 0) is 92.8 Å². The molecule has 28 heavy (non-hydrogen) atoms. The Morgan fingerprint density at radius 2 is 1.93 bits per heavy atom. The first-order chi connectivity index (χ1) is 13.6. The molecule has 2 N–H and O–H groups in total. The van der Waals surface area contributed by atoms with Crippen molar-refractivity contribution < 1.29 is 4.79 Å². The molecule has 1 saturated heterocycles. The molecular weight excluding hydrogens is 346 g/mol. The maximum atomic E-state index is 12.0. The van der Waals surface area contributed by atoms with Gasteiger partial charge in [0.2, 0.25) is 0 Å². The molecule has 1 saturated carbocycles. The highest BCUT2D eigenvalue weighted by atomic mass is 16.2. The lowest BCUT2D eigenvalue weighted by Crippen LogP contribution is -2.44. The molecule has 5 rings (SSSR count). The van der Waals surface area contributed by atoms with Gasteiger partial charge in [-0.3, -0.25) is 4.90 Å². The molecule has 1 aromatic carbocycles. The summed E-state index contributed by atoms with van der Waals surface area (Å²) in [5.74, 6) is 2.67. The third-order valence-electron chi connectivity index (χ3n) is 8.10. The number of likely N-dealkylation sites (tertiary alicyclic amines) is 1. The minimum Gasteiger partial charge on any atom is -0.351 e. The number of fused-ring (bicyclic) bond motifs is 4. The summed E-state index contributed by atoms with van der Waals surface area (Å²) >= 11 is 0. The number of carbonyl (C=O) groups excluding carboxylic acids is 1. The number of allylic oxidation sites excluding steroid dienone is 2. The van der Waals surface area contributed by atoms with E-state index in [0.29, 0.717) is 0 Å². The molecule has 2 bridgehead atoms. The summed E-state index contributed by atoms with van der Waals surface area (Å²) < 4.78 is 0. The second kappa shape index (κ2) is 7.22. The van der Waals surface area contributed by atoms with Gasteiger partial charge in [-0.2, -0.15) is 0 Å². The van der Waals surface area contributed by atoms with Crippen LogP contribution in [0.2, 0.25) is 0 Å². The van der Waals surface area contributed by atoms with Crippen molar-refractivity contribution in [3.05, 3.63) is 42.0 Å². The summed E-state index contributed by atoms with van der Waals surface area (Å²) in [7, 11) is 0. The molecule has 0 radical (unpaired) electrons. The summed E-state index contributed by atoms with van der Waals surface area (Å²) in [6.45, 7) is 4.41. The standard InChI is InChI=1S/C24H33N3O/c25-23(28)27-12-4-9-24(21-7-1-2-8-22(21)27)10-13-26(14-11-24)17-20-16-18-5-3-6-19(20)15-18/h1-3,5,7-8,18-20H,4,6,9-17H2,(H2,25,28). The number of rotatable bonds is 2. The quantitative estimate of drug-likeness (QED) is 0.779. The van der Waals surface area contributed by atoms with Crippen LogP contribution in [0.3, 0.4) is 0 Å². The number of nitrogens with zero attached hydrogens (tertiary/aromatic N) is 2. The second-order valence-electron chi connectivity index (χ2n) is 9.61. The Morgan fingerprint density at radius 3 is 2.71 bits per heavy atom. The van der Waals surface area contributed by atoms with Crippen molar-refractivity contribution in [2.45, 2.75) is 50.4 Å². The van der Waals surface area contributed by atoms with E-state index in [9.17, 15) is 4.79 Å². The van der Waals surface area contributed by atoms with E-state index < -0.39 is 0 Å². The second-order valence-corrected chi connectivity index (χ2v) is 9.61. The summed E-state index contributed by atoms with van der Waals surface area (Å²) in [4.78, 5) is 16.5. The van der Waals surface area contributed by atoms with E-state index in [4.69, 9.17) is 5.73 Å². The first-order valence-electron chi connectivity index (χ1n) is 11.2. The normalized spacial score (nSPS) is 31.6. The summed E-state index contributed by atoms with van der Waals surface area (Å²) in [6, 6.07) is 8.18. The summed E-state index contributed by atoms with van der Waals surface area (Å²) in [6.07, 6.45) is 13.6. The summed E-state index contributed by atoms with van der Waals surface area (Å²) in [5.41, 5.74) is 8.32. The highest BCUT2D eigenvalue weighted by Crippen LogP contribution is 2.47. The zero-order chi connectivity index (χ0) is 19.1. The molecule has 2 aliphatic heterocycles. The number of carbonyl (C=O) groups is 1. The molecule has 4 nitrogen and oxygen atoms in total. The van der Waals surface area contributed by atoms with Gasteiger partial charge in [0.1, 0.15) is 0 Å². The number of piperidine rings is 1. The van der Waals surface area contributed by atoms with Gasteiger partial charge in [-0.1, -0.05) is 30.4 Å². The molecule has 4 aliphatic rings. The van der Waals surface area contributed by atoms with Gasteiger partial charge in [-0.15, -0.1) is 0 Å². The van der Waals surface area contributed by atoms with Crippen molar-refractivity contribution >= 4 is 11.7 Å². The zero-order valence-electron chi connectivity index (χ0n) is 16.9. The molecule has 2 amide bonds. The average Bonchev–Trinajstić information content (AvgIpc) is 2.89. The number of para-hydroxylation sites is 1. The van der Waals surface area contributed by atoms with Crippen LogP contribution in [0, 0.1) is 17.8 Å². The number of urea groups is 1. The number of primary amides is 1. The smallest absolute Gasteiger partial charge is 0.319 e. The molecule has 2 fully saturated rings. The van der Waals surface area contributed by atoms with Crippen molar-refractivity contribution in [3.63, 3.8) is 0 Å². The third-order valence-corrected chi connectivity index (χ3v) is 8.10. The molecule has 2 aliphatic carbocycles. The summed E-state index contributed by atoms with van der Waals surface area (Å²) in [5, 5.41) is 0. The van der Waals surface area contributed by atoms with Crippen LogP contribution in [0.5, 0.6) is 0 Å². The lowest BCUT2D eigenvalue weighted by Gasteiger charge is -2.43. The Kier molecular flexibility index (Phi) is 4.70. The first kappa shape index (κ1) is 18.2. The average molecular weight is 380 g/mol. The van der Waals surface area contributed by atoms with E-state index in [1.54, 1.807) is 4.90 Å². The van der Waals surface area contributed by atoms with Gasteiger partial charge in [0.05, 0.1) is 0 Å². The van der Waals surface area contributed by atoms with Gasteiger partial charge < -0.3 is 10.6 Å². The highest BCUT2D eigenvalue weighted by Gasteiger charge is 2.42. The largest absolute Gasteiger partial charge is 0.351 e. The monoisotopic (exact) mass is 379 g/mol. The van der Waals surface area contributed by atoms with Gasteiger partial charge >= 0.3 is 6.03 Å². The van der Waals surface area contributed by atoms with Gasteiger partial charge in [0.15, 0.2) is 0 Å². The van der Waals surface area contributed by atoms with E-state index >= 15 is 0 Å². The number of nitrogens with two attached hydrogens (primary N) is 1. The number of hydrogen-bond acceptors (Lipinski definition) is 2. The fraction of sp³-hybridized carbons (Fsp3) is 0.625. The molecule has 3 unspecified atom stereocenters. The SMILES string of the molecule is NC(=O)N1CCCC2(CCN(CC3CC4C=CCC3C4)CC2)c2ccccc21. The first-order valence-corrected chi connectivity index (χ1v) is 11.2. The van der Waals surface area contributed by atoms with Crippen molar-refractivity contribution in [1.82, 2.24) is 4.90 Å². The molecule has 3 atom stereocenters. The molecule has 150 valence electrons. The fourth-order valence-electron chi connectivity index (χ4n) is 6.61. The number of anilines is 1. The molecule has 1 aromatic rings. The van der Waals surface area contributed by atoms with E-state index in [1.807, 2.05) is 6.07 Å². The molecule has 1 spiro atoms. The van der Waals surface area contributed by atoms with Crippen LogP contribution in [-0.2, 0) is 5.41 Å². The predicted octanol–water partition coefficient (Wildman–Crippen LogP) is 4.30. The van der Waals surface area contributed by atoms with Gasteiger partial charge in [-0.25, -0.2) is 4.79 Å². The number of benzene rings is 1. The Labute approximate surface area is 168 Å². The molecule has 4 heteroatoms. The van der Waals surface area contributed by atoms with Crippen molar-refractivity contribution in [2.75, 3.05) is 31.1 Å². The van der Waals surface area contributed by atoms with Crippen LogP contribution < -0.4 is 10.6 Å². The van der Waals surface area contributed by atoms with Crippen LogP contribution in [-0.4, -0.2) is 37.1 Å². The van der Waals surface area contributed by atoms with E-state index in [0.717, 1.165) is 36.4 Å². The van der Waals surface area contributed by atoms with E-state index in [2.05, 4.69) is 35.3 Å². The van der Waals surface area contributed by atoms with Crippen LogP contribution in [0.4, 0.5) is 10.5 Å². The Bertz CT molecular complexity index is 765.